The molecule has 0 radical (unpaired) electrons. The zero-order chi connectivity index (χ0) is 34.5. The number of carbonyl (C=O) groups excluding carboxylic acids is 2. The van der Waals surface area contributed by atoms with Gasteiger partial charge in [-0.2, -0.15) is 5.26 Å². The number of aromatic nitrogens is 1. The molecule has 11 heteroatoms. The van der Waals surface area contributed by atoms with E-state index in [4.69, 9.17) is 26.6 Å². The van der Waals surface area contributed by atoms with Gasteiger partial charge in [-0.1, -0.05) is 54.1 Å². The van der Waals surface area contributed by atoms with Crippen molar-refractivity contribution in [1.82, 2.24) is 24.6 Å². The Balaban J connectivity index is 1.04. The number of piperazine rings is 2. The third-order valence-electron chi connectivity index (χ3n) is 9.58. The third kappa shape index (κ3) is 7.50. The van der Waals surface area contributed by atoms with E-state index in [1.165, 1.54) is 0 Å². The topological polar surface area (TPSA) is 105 Å². The number of halogens is 1. The number of anilines is 1. The summed E-state index contributed by atoms with van der Waals surface area (Å²) in [5, 5.41) is 12.7. The van der Waals surface area contributed by atoms with Crippen molar-refractivity contribution in [2.45, 2.75) is 12.6 Å². The number of urea groups is 1. The first-order chi connectivity index (χ1) is 24.4. The Morgan fingerprint density at radius 1 is 0.880 bits per heavy atom. The van der Waals surface area contributed by atoms with Crippen LogP contribution in [0.2, 0.25) is 5.02 Å². The van der Waals surface area contributed by atoms with E-state index < -0.39 is 0 Å². The maximum atomic E-state index is 13.1. The molecule has 1 aromatic heterocycles. The van der Waals surface area contributed by atoms with Crippen LogP contribution >= 0.6 is 11.6 Å². The van der Waals surface area contributed by atoms with E-state index in [0.717, 1.165) is 46.6 Å². The molecule has 10 nitrogen and oxygen atoms in total. The highest BCUT2D eigenvalue weighted by atomic mass is 35.5. The van der Waals surface area contributed by atoms with Gasteiger partial charge in [-0.3, -0.25) is 14.8 Å². The zero-order valence-electron chi connectivity index (χ0n) is 27.7. The zero-order valence-corrected chi connectivity index (χ0v) is 28.4. The van der Waals surface area contributed by atoms with Crippen molar-refractivity contribution < 1.29 is 14.3 Å². The number of nitrogens with one attached hydrogen (secondary N) is 1. The molecule has 2 fully saturated rings. The van der Waals surface area contributed by atoms with Gasteiger partial charge in [0.05, 0.1) is 23.4 Å². The van der Waals surface area contributed by atoms with E-state index >= 15 is 0 Å². The normalized spacial score (nSPS) is 17.8. The molecule has 0 bridgehead atoms. The molecular weight excluding hydrogens is 650 g/mol. The fourth-order valence-corrected chi connectivity index (χ4v) is 7.06. The average Bonchev–Trinajstić information content (AvgIpc) is 3.29. The van der Waals surface area contributed by atoms with Crippen LogP contribution in [0.1, 0.15) is 39.6 Å². The van der Waals surface area contributed by atoms with Gasteiger partial charge in [0, 0.05) is 75.8 Å². The fourth-order valence-electron chi connectivity index (χ4n) is 6.89. The molecule has 1 N–H and O–H groups in total. The molecule has 2 saturated heterocycles. The van der Waals surface area contributed by atoms with Crippen LogP contribution in [0.15, 0.2) is 91.1 Å². The van der Waals surface area contributed by atoms with Gasteiger partial charge in [0.25, 0.3) is 0 Å². The summed E-state index contributed by atoms with van der Waals surface area (Å²) in [6.07, 6.45) is 3.80. The average molecular weight is 688 g/mol. The number of fused-ring (bicyclic) bond motifs is 2. The molecular formula is C39H38ClN7O3. The van der Waals surface area contributed by atoms with Gasteiger partial charge in [-0.25, -0.2) is 9.59 Å². The summed E-state index contributed by atoms with van der Waals surface area (Å²) >= 11 is 6.65. The molecule has 7 rings (SSSR count). The molecule has 3 amide bonds. The van der Waals surface area contributed by atoms with Crippen LogP contribution in [0.25, 0.3) is 11.6 Å². The van der Waals surface area contributed by atoms with E-state index in [0.29, 0.717) is 62.1 Å². The number of hydrogen-bond acceptors (Lipinski definition) is 7. The van der Waals surface area contributed by atoms with Crippen molar-refractivity contribution in [2.75, 3.05) is 64.2 Å². The molecule has 3 heterocycles. The second-order valence-corrected chi connectivity index (χ2v) is 13.2. The Labute approximate surface area is 297 Å². The highest BCUT2D eigenvalue weighted by molar-refractivity contribution is 6.30. The van der Waals surface area contributed by atoms with Crippen molar-refractivity contribution in [3.63, 3.8) is 0 Å². The van der Waals surface area contributed by atoms with Gasteiger partial charge in [0.1, 0.15) is 6.61 Å². The minimum Gasteiger partial charge on any atom is -0.445 e. The van der Waals surface area contributed by atoms with Crippen LogP contribution in [0.4, 0.5) is 15.3 Å². The lowest BCUT2D eigenvalue weighted by atomic mass is 9.93. The lowest BCUT2D eigenvalue weighted by Gasteiger charge is -2.40. The molecule has 1 atom stereocenters. The largest absolute Gasteiger partial charge is 0.445 e. The van der Waals surface area contributed by atoms with E-state index in [9.17, 15) is 9.59 Å². The van der Waals surface area contributed by atoms with Crippen LogP contribution in [0, 0.1) is 11.3 Å². The van der Waals surface area contributed by atoms with Crippen molar-refractivity contribution >= 4 is 41.1 Å². The molecule has 3 aromatic carbocycles. The SMILES string of the molecule is N#Cc1ccc(NC(=O)N2CCN(C3c4ccc(Cl)cc4C(CN4CCN(C(=O)OCc5ccccc5)CC4)=Cc4cccnc43)CC2)cc1. The van der Waals surface area contributed by atoms with E-state index in [-0.39, 0.29) is 24.8 Å². The molecule has 3 aliphatic rings. The Hall–Kier alpha value is -5.21. The predicted molar refractivity (Wildman–Crippen MR) is 193 cm³/mol. The van der Waals surface area contributed by atoms with Gasteiger partial charge in [0.15, 0.2) is 0 Å². The van der Waals surface area contributed by atoms with Gasteiger partial charge < -0.3 is 19.9 Å². The van der Waals surface area contributed by atoms with Crippen LogP contribution in [-0.4, -0.2) is 95.6 Å². The maximum absolute atomic E-state index is 13.1. The minimum absolute atomic E-state index is 0.118. The Kier molecular flexibility index (Phi) is 10.1. The smallest absolute Gasteiger partial charge is 0.410 e. The monoisotopic (exact) mass is 687 g/mol. The van der Waals surface area contributed by atoms with Crippen molar-refractivity contribution in [1.29, 1.82) is 5.26 Å². The van der Waals surface area contributed by atoms with Crippen LogP contribution in [0.5, 0.6) is 0 Å². The van der Waals surface area contributed by atoms with Gasteiger partial charge in [-0.05, 0) is 76.4 Å². The lowest BCUT2D eigenvalue weighted by molar-refractivity contribution is 0.0746. The predicted octanol–water partition coefficient (Wildman–Crippen LogP) is 6.35. The first-order valence-electron chi connectivity index (χ1n) is 16.9. The number of benzene rings is 3. The number of carbonyl (C=O) groups is 2. The van der Waals surface area contributed by atoms with Crippen molar-refractivity contribution in [3.05, 3.63) is 130 Å². The molecule has 1 aliphatic carbocycles. The molecule has 4 aromatic rings. The standard InChI is InChI=1S/C39H38ClN7O3/c40-32-10-13-34-35(24-32)31(26-44-15-17-47(18-16-44)39(49)50-27-29-5-2-1-3-6-29)23-30-7-4-14-42-36(30)37(34)45-19-21-46(22-20-45)38(48)43-33-11-8-28(25-41)9-12-33/h1-14,23-24,37H,15-22,26-27H2,(H,43,48). The van der Waals surface area contributed by atoms with Gasteiger partial charge in [-0.15, -0.1) is 0 Å². The molecule has 2 aliphatic heterocycles. The summed E-state index contributed by atoms with van der Waals surface area (Å²) in [7, 11) is 0. The lowest BCUT2D eigenvalue weighted by Crippen LogP contribution is -2.51. The summed E-state index contributed by atoms with van der Waals surface area (Å²) in [4.78, 5) is 39.3. The number of pyridine rings is 1. The van der Waals surface area contributed by atoms with E-state index in [1.54, 1.807) is 29.2 Å². The Morgan fingerprint density at radius 3 is 2.36 bits per heavy atom. The molecule has 254 valence electrons. The number of nitrogens with zero attached hydrogens (tertiary/aromatic N) is 6. The van der Waals surface area contributed by atoms with Crippen molar-refractivity contribution in [2.24, 2.45) is 0 Å². The molecule has 50 heavy (non-hydrogen) atoms. The Bertz CT molecular complexity index is 1910. The summed E-state index contributed by atoms with van der Waals surface area (Å²) in [6.45, 7) is 6.05. The maximum Gasteiger partial charge on any atom is 0.410 e. The second kappa shape index (κ2) is 15.1. The van der Waals surface area contributed by atoms with E-state index in [1.807, 2.05) is 53.6 Å². The van der Waals surface area contributed by atoms with Gasteiger partial charge >= 0.3 is 12.1 Å². The van der Waals surface area contributed by atoms with E-state index in [2.05, 4.69) is 45.5 Å². The number of hydrogen-bond donors (Lipinski definition) is 1. The molecule has 0 saturated carbocycles. The summed E-state index contributed by atoms with van der Waals surface area (Å²) < 4.78 is 5.59. The molecule has 1 unspecified atom stereocenters. The molecule has 0 spiro atoms. The van der Waals surface area contributed by atoms with Gasteiger partial charge in [0.2, 0.25) is 0 Å². The fraction of sp³-hybridized carbons (Fsp3) is 0.282. The summed E-state index contributed by atoms with van der Waals surface area (Å²) in [5.41, 5.74) is 7.59. The van der Waals surface area contributed by atoms with Crippen molar-refractivity contribution in [3.8, 4) is 6.07 Å². The third-order valence-corrected chi connectivity index (χ3v) is 9.81. The number of ether oxygens (including phenoxy) is 1. The number of rotatable bonds is 6. The summed E-state index contributed by atoms with van der Waals surface area (Å²) in [5.74, 6) is 0. The van der Waals surface area contributed by atoms with Crippen LogP contribution in [-0.2, 0) is 11.3 Å². The number of nitriles is 1. The first-order valence-corrected chi connectivity index (χ1v) is 17.3. The summed E-state index contributed by atoms with van der Waals surface area (Å²) in [6, 6.07) is 28.6. The number of amides is 3. The highest BCUT2D eigenvalue weighted by Crippen LogP contribution is 2.40. The quantitative estimate of drug-likeness (QED) is 0.252. The minimum atomic E-state index is -0.283. The highest BCUT2D eigenvalue weighted by Gasteiger charge is 2.34. The second-order valence-electron chi connectivity index (χ2n) is 12.7. The first kappa shape index (κ1) is 33.3. The Morgan fingerprint density at radius 2 is 1.62 bits per heavy atom. The van der Waals surface area contributed by atoms with Crippen LogP contribution in [0.3, 0.4) is 0 Å². The van der Waals surface area contributed by atoms with Crippen LogP contribution < -0.4 is 5.32 Å².